The second-order valence-electron chi connectivity index (χ2n) is 15.3. The Labute approximate surface area is 393 Å². The van der Waals surface area contributed by atoms with Gasteiger partial charge in [-0.3, -0.25) is 29.5 Å². The first-order chi connectivity index (χ1) is 32.2. The summed E-state index contributed by atoms with van der Waals surface area (Å²) in [7, 11) is -8.04. The quantitative estimate of drug-likeness (QED) is 0.0558. The Hall–Kier alpha value is -7.78. The summed E-state index contributed by atoms with van der Waals surface area (Å²) >= 11 is 0. The summed E-state index contributed by atoms with van der Waals surface area (Å²) in [5, 5.41) is 21.8. The van der Waals surface area contributed by atoms with Gasteiger partial charge in [0.05, 0.1) is 9.79 Å². The van der Waals surface area contributed by atoms with Crippen molar-refractivity contribution < 1.29 is 35.5 Å². The second-order valence-corrected chi connectivity index (χ2v) is 18.2. The number of nitrogens with two attached hydrogens (primary N) is 2. The van der Waals surface area contributed by atoms with Crippen molar-refractivity contribution in [1.82, 2.24) is 19.1 Å². The van der Waals surface area contributed by atoms with E-state index in [4.69, 9.17) is 31.4 Å². The van der Waals surface area contributed by atoms with Crippen LogP contribution >= 0.6 is 0 Å². The fraction of sp³-hybridized carbons (Fsp3) is 0.167. The van der Waals surface area contributed by atoms with Crippen molar-refractivity contribution in [3.8, 4) is 22.3 Å². The monoisotopic (exact) mass is 960 g/mol. The van der Waals surface area contributed by atoms with Gasteiger partial charge in [0.15, 0.2) is 0 Å². The van der Waals surface area contributed by atoms with E-state index >= 15 is 0 Å². The molecule has 2 heterocycles. The van der Waals surface area contributed by atoms with E-state index in [0.717, 1.165) is 35.1 Å². The maximum absolute atomic E-state index is 12.9. The van der Waals surface area contributed by atoms with Gasteiger partial charge in [0.2, 0.25) is 11.2 Å². The van der Waals surface area contributed by atoms with Crippen molar-refractivity contribution in [3.05, 3.63) is 167 Å². The maximum atomic E-state index is 12.9. The summed E-state index contributed by atoms with van der Waals surface area (Å²) < 4.78 is 62.6. The average molecular weight is 961 g/mol. The first-order valence-electron chi connectivity index (χ1n) is 21.0. The lowest BCUT2D eigenvalue weighted by Crippen LogP contribution is -2.24. The molecule has 18 nitrogen and oxygen atoms in total. The molecule has 0 fully saturated rings. The van der Waals surface area contributed by atoms with Gasteiger partial charge in [0.25, 0.3) is 32.1 Å². The van der Waals surface area contributed by atoms with Crippen molar-refractivity contribution in [2.75, 3.05) is 22.1 Å². The van der Waals surface area contributed by atoms with E-state index in [9.17, 15) is 26.4 Å². The topological polar surface area (TPSA) is 302 Å². The molecule has 0 radical (unpaired) electrons. The third kappa shape index (κ3) is 14.1. The van der Waals surface area contributed by atoms with Gasteiger partial charge >= 0.3 is 0 Å². The highest BCUT2D eigenvalue weighted by Crippen LogP contribution is 2.26. The molecule has 20 heteroatoms. The molecule has 0 bridgehead atoms. The van der Waals surface area contributed by atoms with E-state index in [1.165, 1.54) is 24.3 Å². The first kappa shape index (κ1) is 51.2. The third-order valence-corrected chi connectivity index (χ3v) is 11.7. The SMILES string of the molecule is CCCn1cc(-c2ccc(NC(=O)c3ccc(C(=O)Nc4ccc(-c5cn(CCC)c(=N)nc5N)cc4)cc3)cc2)c(N)nc1=N.Cc1ccc(S(=O)(=O)O)cc1.Cc1ccc(S(=O)(=O)O)cc1. The van der Waals surface area contributed by atoms with E-state index in [1.54, 1.807) is 81.9 Å². The largest absolute Gasteiger partial charge is 0.383 e. The lowest BCUT2D eigenvalue weighted by molar-refractivity contribution is 0.101. The van der Waals surface area contributed by atoms with Gasteiger partial charge in [0.1, 0.15) is 11.6 Å². The van der Waals surface area contributed by atoms with E-state index in [0.29, 0.717) is 46.7 Å². The van der Waals surface area contributed by atoms with Crippen LogP contribution in [0.1, 0.15) is 58.5 Å². The number of amides is 2. The minimum atomic E-state index is -4.02. The normalized spacial score (nSPS) is 11.0. The van der Waals surface area contributed by atoms with Crippen molar-refractivity contribution in [1.29, 1.82) is 10.8 Å². The molecule has 0 saturated carbocycles. The Morgan fingerprint density at radius 1 is 0.544 bits per heavy atom. The summed E-state index contributed by atoms with van der Waals surface area (Å²) in [5.74, 6) is -0.0879. The molecule has 0 aliphatic rings. The number of nitrogens with one attached hydrogen (secondary N) is 4. The van der Waals surface area contributed by atoms with Crippen molar-refractivity contribution >= 4 is 55.1 Å². The molecular formula is C48H52N10O8S2. The standard InChI is InChI=1S/C34H36N10O2.2C7H8O3S/c1-3-17-43-19-27(29(35)41-33(43)37)21-9-13-25(14-10-21)39-31(45)23-5-7-24(8-6-23)32(46)40-26-15-11-22(12-16-26)28-20-44(18-4-2)34(38)42-30(28)36;2*1-6-2-4-7(5-3-6)11(8,9)10/h5-16,19-20H,3-4,17-18H2,1-2H3,(H,39,45)(H,40,46)(H3,35,37,41)(H3,36,38,42);2*2-5H,1H3,(H,8,9,10). The van der Waals surface area contributed by atoms with Crippen LogP contribution in [-0.2, 0) is 33.3 Å². The van der Waals surface area contributed by atoms with Crippen molar-refractivity contribution in [3.63, 3.8) is 0 Å². The summed E-state index contributed by atoms with van der Waals surface area (Å²) in [4.78, 5) is 34.0. The minimum absolute atomic E-state index is 0.0666. The molecule has 354 valence electrons. The molecule has 2 amide bonds. The van der Waals surface area contributed by atoms with Crippen LogP contribution in [0.4, 0.5) is 23.0 Å². The number of aromatic nitrogens is 4. The zero-order valence-corrected chi connectivity index (χ0v) is 39.3. The zero-order valence-electron chi connectivity index (χ0n) is 37.6. The smallest absolute Gasteiger partial charge is 0.294 e. The molecule has 5 aromatic carbocycles. The number of carbonyl (C=O) groups is 2. The first-order valence-corrected chi connectivity index (χ1v) is 23.9. The van der Waals surface area contributed by atoms with E-state index in [-0.39, 0.29) is 44.5 Å². The fourth-order valence-electron chi connectivity index (χ4n) is 6.38. The van der Waals surface area contributed by atoms with Crippen LogP contribution in [0.2, 0.25) is 0 Å². The number of carbonyl (C=O) groups excluding carboxylic acids is 2. The van der Waals surface area contributed by atoms with Crippen LogP contribution in [0.3, 0.4) is 0 Å². The minimum Gasteiger partial charge on any atom is -0.383 e. The fourth-order valence-corrected chi connectivity index (χ4v) is 7.34. The highest BCUT2D eigenvalue weighted by molar-refractivity contribution is 7.86. The van der Waals surface area contributed by atoms with Crippen molar-refractivity contribution in [2.24, 2.45) is 0 Å². The lowest BCUT2D eigenvalue weighted by atomic mass is 10.1. The summed E-state index contributed by atoms with van der Waals surface area (Å²) in [6.07, 6.45) is 5.38. The van der Waals surface area contributed by atoms with Gasteiger partial charge in [-0.15, -0.1) is 0 Å². The molecular weight excluding hydrogens is 909 g/mol. The number of aryl methyl sites for hydroxylation is 4. The highest BCUT2D eigenvalue weighted by atomic mass is 32.2. The molecule has 7 rings (SSSR count). The van der Waals surface area contributed by atoms with Crippen molar-refractivity contribution in [2.45, 2.75) is 63.4 Å². The molecule has 0 unspecified atom stereocenters. The van der Waals surface area contributed by atoms with Gasteiger partial charge in [-0.2, -0.15) is 26.8 Å². The third-order valence-electron chi connectivity index (χ3n) is 10.0. The highest BCUT2D eigenvalue weighted by Gasteiger charge is 2.13. The molecule has 0 atom stereocenters. The Bertz CT molecular complexity index is 3010. The van der Waals surface area contributed by atoms with Gasteiger partial charge in [-0.05, 0) is 111 Å². The molecule has 68 heavy (non-hydrogen) atoms. The molecule has 7 aromatic rings. The number of anilines is 4. The zero-order chi connectivity index (χ0) is 49.8. The van der Waals surface area contributed by atoms with Gasteiger partial charge in [-0.25, -0.2) is 0 Å². The second kappa shape index (κ2) is 22.6. The molecule has 0 spiro atoms. The number of hydrogen-bond acceptors (Lipinski definition) is 12. The summed E-state index contributed by atoms with van der Waals surface area (Å²) in [5.41, 5.74) is 19.4. The van der Waals surface area contributed by atoms with Gasteiger partial charge < -0.3 is 31.2 Å². The van der Waals surface area contributed by atoms with Crippen LogP contribution in [0.15, 0.2) is 144 Å². The summed E-state index contributed by atoms with van der Waals surface area (Å²) in [6.45, 7) is 9.07. The molecule has 2 aromatic heterocycles. The average Bonchev–Trinajstić information content (AvgIpc) is 3.29. The number of benzene rings is 5. The molecule has 10 N–H and O–H groups in total. The van der Waals surface area contributed by atoms with E-state index < -0.39 is 20.2 Å². The Balaban J connectivity index is 0.000000319. The lowest BCUT2D eigenvalue weighted by Gasteiger charge is -2.12. The maximum Gasteiger partial charge on any atom is 0.294 e. The number of nitrogens with zero attached hydrogens (tertiary/aromatic N) is 4. The Kier molecular flexibility index (Phi) is 17.0. The molecule has 0 saturated heterocycles. The number of rotatable bonds is 12. The Morgan fingerprint density at radius 3 is 1.13 bits per heavy atom. The Morgan fingerprint density at radius 2 is 0.853 bits per heavy atom. The van der Waals surface area contributed by atoms with Crippen LogP contribution < -0.4 is 33.3 Å². The summed E-state index contributed by atoms with van der Waals surface area (Å²) in [6, 6.07) is 32.8. The van der Waals surface area contributed by atoms with Crippen LogP contribution in [0.5, 0.6) is 0 Å². The van der Waals surface area contributed by atoms with Gasteiger partial charge in [0, 0.05) is 59.1 Å². The number of hydrogen-bond donors (Lipinski definition) is 8. The van der Waals surface area contributed by atoms with E-state index in [2.05, 4.69) is 20.6 Å². The predicted octanol–water partition coefficient (Wildman–Crippen LogP) is 7.34. The van der Waals surface area contributed by atoms with Crippen LogP contribution in [0, 0.1) is 24.7 Å². The number of nitrogen functional groups attached to an aromatic ring is 2. The molecule has 0 aliphatic heterocycles. The van der Waals surface area contributed by atoms with Crippen LogP contribution in [-0.4, -0.2) is 56.9 Å². The van der Waals surface area contributed by atoms with Crippen LogP contribution in [0.25, 0.3) is 22.3 Å². The van der Waals surface area contributed by atoms with E-state index in [1.807, 2.05) is 64.4 Å². The predicted molar refractivity (Wildman–Crippen MR) is 261 cm³/mol. The van der Waals surface area contributed by atoms with Gasteiger partial charge in [-0.1, -0.05) is 73.5 Å². The molecule has 0 aliphatic carbocycles.